The number of likely N-dealkylation sites (tertiary alicyclic amines) is 1. The lowest BCUT2D eigenvalue weighted by molar-refractivity contribution is -0.140. The molecule has 2 N–H and O–H groups in total. The topological polar surface area (TPSA) is 109 Å². The molecule has 1 amide bonds. The van der Waals surface area contributed by atoms with Gasteiger partial charge in [-0.2, -0.15) is 0 Å². The van der Waals surface area contributed by atoms with Crippen LogP contribution in [0.3, 0.4) is 0 Å². The van der Waals surface area contributed by atoms with E-state index in [0.29, 0.717) is 43.2 Å². The number of aromatic hydroxyl groups is 1. The number of aliphatic hydroxyl groups excluding tert-OH is 1. The fourth-order valence-electron chi connectivity index (χ4n) is 4.43. The zero-order valence-electron chi connectivity index (χ0n) is 19.9. The number of Topliss-reactive ketones (excluding diaryl/α,β-unsaturated/α-hetero) is 1. The first-order valence-corrected chi connectivity index (χ1v) is 11.6. The normalized spacial score (nSPS) is 20.3. The van der Waals surface area contributed by atoms with Gasteiger partial charge in [-0.15, -0.1) is 0 Å². The highest BCUT2D eigenvalue weighted by Gasteiger charge is 2.46. The first-order valence-electron chi connectivity index (χ1n) is 11.6. The molecule has 2 saturated heterocycles. The summed E-state index contributed by atoms with van der Waals surface area (Å²) in [5, 5.41) is 21.4. The van der Waals surface area contributed by atoms with Crippen molar-refractivity contribution in [3.05, 3.63) is 59.2 Å². The van der Waals surface area contributed by atoms with Crippen LogP contribution in [0.2, 0.25) is 0 Å². The summed E-state index contributed by atoms with van der Waals surface area (Å²) in [6.07, 6.45) is 0. The molecular formula is C26H30N2O7. The zero-order valence-corrected chi connectivity index (χ0v) is 19.9. The summed E-state index contributed by atoms with van der Waals surface area (Å²) in [6.45, 7) is 5.69. The number of methoxy groups -OCH3 is 1. The van der Waals surface area contributed by atoms with Crippen molar-refractivity contribution < 1.29 is 34.0 Å². The molecule has 4 rings (SSSR count). The van der Waals surface area contributed by atoms with Gasteiger partial charge in [0.1, 0.15) is 11.5 Å². The highest BCUT2D eigenvalue weighted by molar-refractivity contribution is 6.46. The highest BCUT2D eigenvalue weighted by atomic mass is 16.5. The number of carbonyl (C=O) groups is 2. The van der Waals surface area contributed by atoms with Gasteiger partial charge >= 0.3 is 0 Å². The summed E-state index contributed by atoms with van der Waals surface area (Å²) in [5.74, 6) is -1.02. The number of morpholine rings is 1. The van der Waals surface area contributed by atoms with Crippen molar-refractivity contribution in [1.29, 1.82) is 0 Å². The van der Waals surface area contributed by atoms with Gasteiger partial charge in [-0.3, -0.25) is 14.5 Å². The number of nitrogens with zero attached hydrogens (tertiary/aromatic N) is 2. The minimum absolute atomic E-state index is 0.0154. The fourth-order valence-corrected chi connectivity index (χ4v) is 4.43. The number of ether oxygens (including phenoxy) is 3. The van der Waals surface area contributed by atoms with Crippen molar-refractivity contribution >= 4 is 17.4 Å². The number of phenolic OH excluding ortho intramolecular Hbond substituents is 1. The Labute approximate surface area is 204 Å². The molecule has 0 aromatic heterocycles. The van der Waals surface area contributed by atoms with Crippen molar-refractivity contribution in [2.45, 2.75) is 13.0 Å². The summed E-state index contributed by atoms with van der Waals surface area (Å²) in [4.78, 5) is 30.1. The zero-order chi connectivity index (χ0) is 24.9. The van der Waals surface area contributed by atoms with Crippen molar-refractivity contribution in [2.75, 3.05) is 53.1 Å². The van der Waals surface area contributed by atoms with Crippen LogP contribution < -0.4 is 9.47 Å². The summed E-state index contributed by atoms with van der Waals surface area (Å²) in [7, 11) is 1.51. The number of aliphatic hydroxyl groups is 1. The minimum atomic E-state index is -0.845. The number of rotatable bonds is 8. The third-order valence-electron chi connectivity index (χ3n) is 6.24. The standard InChI is InChI=1S/C26H30N2O7/c1-3-35-21-16-17(7-8-20(21)29)23-22(24(30)18-5-4-6-19(15-18)33-2)25(31)26(32)28(23)10-9-27-11-13-34-14-12-27/h4-8,15-16,23,29-30H,3,9-14H2,1-2H3/t23-/m1/s1. The average molecular weight is 483 g/mol. The molecule has 0 radical (unpaired) electrons. The number of hydrogen-bond donors (Lipinski definition) is 2. The predicted octanol–water partition coefficient (Wildman–Crippen LogP) is 2.55. The Morgan fingerprint density at radius 1 is 1.11 bits per heavy atom. The Morgan fingerprint density at radius 3 is 2.60 bits per heavy atom. The van der Waals surface area contributed by atoms with Gasteiger partial charge in [0, 0.05) is 31.7 Å². The van der Waals surface area contributed by atoms with Gasteiger partial charge in [-0.05, 0) is 36.8 Å². The molecule has 2 aliphatic rings. The van der Waals surface area contributed by atoms with Crippen LogP contribution in [-0.2, 0) is 14.3 Å². The summed E-state index contributed by atoms with van der Waals surface area (Å²) in [6, 6.07) is 10.5. The molecule has 35 heavy (non-hydrogen) atoms. The molecule has 2 heterocycles. The second kappa shape index (κ2) is 10.8. The smallest absolute Gasteiger partial charge is 0.295 e. The van der Waals surface area contributed by atoms with E-state index in [1.807, 2.05) is 0 Å². The quantitative estimate of drug-likeness (QED) is 0.336. The molecule has 186 valence electrons. The molecule has 9 nitrogen and oxygen atoms in total. The minimum Gasteiger partial charge on any atom is -0.507 e. The lowest BCUT2D eigenvalue weighted by Gasteiger charge is -2.31. The van der Waals surface area contributed by atoms with Gasteiger partial charge in [0.05, 0.1) is 38.5 Å². The second-order valence-electron chi connectivity index (χ2n) is 8.34. The van der Waals surface area contributed by atoms with Gasteiger partial charge in [0.25, 0.3) is 11.7 Å². The van der Waals surface area contributed by atoms with E-state index in [4.69, 9.17) is 14.2 Å². The monoisotopic (exact) mass is 482 g/mol. The molecule has 0 spiro atoms. The second-order valence-corrected chi connectivity index (χ2v) is 8.34. The highest BCUT2D eigenvalue weighted by Crippen LogP contribution is 2.42. The molecule has 2 aromatic rings. The van der Waals surface area contributed by atoms with Crippen molar-refractivity contribution in [1.82, 2.24) is 9.80 Å². The first kappa shape index (κ1) is 24.6. The number of carbonyl (C=O) groups excluding carboxylic acids is 2. The van der Waals surface area contributed by atoms with Crippen LogP contribution in [0, 0.1) is 0 Å². The Kier molecular flexibility index (Phi) is 7.57. The van der Waals surface area contributed by atoms with E-state index in [1.165, 1.54) is 18.1 Å². The average Bonchev–Trinajstić information content (AvgIpc) is 3.14. The van der Waals surface area contributed by atoms with E-state index in [9.17, 15) is 19.8 Å². The van der Waals surface area contributed by atoms with Crippen LogP contribution in [0.5, 0.6) is 17.2 Å². The molecule has 2 fully saturated rings. The maximum absolute atomic E-state index is 13.2. The van der Waals surface area contributed by atoms with Gasteiger partial charge in [0.2, 0.25) is 0 Å². The Bertz CT molecular complexity index is 1120. The van der Waals surface area contributed by atoms with Crippen LogP contribution in [0.25, 0.3) is 5.76 Å². The molecule has 0 bridgehead atoms. The Hall–Kier alpha value is -3.56. The van der Waals surface area contributed by atoms with E-state index >= 15 is 0 Å². The van der Waals surface area contributed by atoms with Crippen LogP contribution in [-0.4, -0.2) is 84.8 Å². The van der Waals surface area contributed by atoms with Crippen LogP contribution in [0.1, 0.15) is 24.1 Å². The first-order chi connectivity index (χ1) is 16.9. The molecule has 1 atom stereocenters. The van der Waals surface area contributed by atoms with E-state index in [1.54, 1.807) is 43.3 Å². The van der Waals surface area contributed by atoms with E-state index in [0.717, 1.165) is 13.1 Å². The van der Waals surface area contributed by atoms with E-state index < -0.39 is 17.7 Å². The SMILES string of the molecule is CCOc1cc([C@@H]2C(=C(O)c3cccc(OC)c3)C(=O)C(=O)N2CCN2CCOCC2)ccc1O. The lowest BCUT2D eigenvalue weighted by atomic mass is 9.95. The molecule has 0 unspecified atom stereocenters. The van der Waals surface area contributed by atoms with Crippen molar-refractivity contribution in [3.63, 3.8) is 0 Å². The molecule has 2 aliphatic heterocycles. The number of hydrogen-bond acceptors (Lipinski definition) is 8. The van der Waals surface area contributed by atoms with Crippen molar-refractivity contribution in [2.24, 2.45) is 0 Å². The van der Waals surface area contributed by atoms with Gasteiger partial charge < -0.3 is 29.3 Å². The third kappa shape index (κ3) is 5.11. The largest absolute Gasteiger partial charge is 0.507 e. The Balaban J connectivity index is 1.78. The fraction of sp³-hybridized carbons (Fsp3) is 0.385. The van der Waals surface area contributed by atoms with Crippen LogP contribution in [0.15, 0.2) is 48.0 Å². The maximum Gasteiger partial charge on any atom is 0.295 e. The predicted molar refractivity (Wildman–Crippen MR) is 129 cm³/mol. The third-order valence-corrected chi connectivity index (χ3v) is 6.24. The molecule has 0 aliphatic carbocycles. The Morgan fingerprint density at radius 2 is 1.89 bits per heavy atom. The van der Waals surface area contributed by atoms with Gasteiger partial charge in [-0.25, -0.2) is 0 Å². The van der Waals surface area contributed by atoms with Crippen LogP contribution in [0.4, 0.5) is 0 Å². The molecule has 9 heteroatoms. The number of benzene rings is 2. The van der Waals surface area contributed by atoms with Gasteiger partial charge in [0.15, 0.2) is 11.5 Å². The molecular weight excluding hydrogens is 452 g/mol. The maximum atomic E-state index is 13.2. The summed E-state index contributed by atoms with van der Waals surface area (Å²) in [5.41, 5.74) is 0.902. The number of amides is 1. The number of phenols is 1. The molecule has 2 aromatic carbocycles. The van der Waals surface area contributed by atoms with Gasteiger partial charge in [-0.1, -0.05) is 18.2 Å². The van der Waals surface area contributed by atoms with Crippen molar-refractivity contribution in [3.8, 4) is 17.2 Å². The van der Waals surface area contributed by atoms with Crippen LogP contribution >= 0.6 is 0 Å². The lowest BCUT2D eigenvalue weighted by Crippen LogP contribution is -2.42. The summed E-state index contributed by atoms with van der Waals surface area (Å²) >= 11 is 0. The van der Waals surface area contributed by atoms with E-state index in [2.05, 4.69) is 4.90 Å². The van der Waals surface area contributed by atoms with E-state index in [-0.39, 0.29) is 29.4 Å². The summed E-state index contributed by atoms with van der Waals surface area (Å²) < 4.78 is 16.2. The molecule has 0 saturated carbocycles. The number of ketones is 1.